The Bertz CT molecular complexity index is 273. The van der Waals surface area contributed by atoms with Gasteiger partial charge in [0.1, 0.15) is 0 Å². The molecule has 0 aromatic heterocycles. The monoisotopic (exact) mass is 251 g/mol. The lowest BCUT2D eigenvalue weighted by Gasteiger charge is -2.44. The minimum absolute atomic E-state index is 0.492. The minimum Gasteiger partial charge on any atom is -0.309 e. The molecule has 1 atom stereocenters. The van der Waals surface area contributed by atoms with Gasteiger partial charge in [-0.2, -0.15) is 0 Å². The van der Waals surface area contributed by atoms with E-state index in [4.69, 9.17) is 0 Å². The molecule has 2 heterocycles. The predicted octanol–water partition coefficient (Wildman–Crippen LogP) is 1.69. The molecule has 0 amide bonds. The molecule has 1 aliphatic carbocycles. The van der Waals surface area contributed by atoms with Gasteiger partial charge in [0.05, 0.1) is 0 Å². The minimum atomic E-state index is 0.492. The third kappa shape index (κ3) is 2.73. The smallest absolute Gasteiger partial charge is 0.0309 e. The Hall–Kier alpha value is -0.120. The van der Waals surface area contributed by atoms with Gasteiger partial charge in [-0.15, -0.1) is 0 Å². The molecule has 104 valence electrons. The number of likely N-dealkylation sites (tertiary alicyclic amines) is 1. The predicted molar refractivity (Wildman–Crippen MR) is 75.9 cm³/mol. The van der Waals surface area contributed by atoms with E-state index in [9.17, 15) is 0 Å². The van der Waals surface area contributed by atoms with Crippen LogP contribution in [0, 0.1) is 0 Å². The molecule has 3 aliphatic rings. The fraction of sp³-hybridized carbons (Fsp3) is 1.00. The van der Waals surface area contributed by atoms with Crippen molar-refractivity contribution in [3.05, 3.63) is 0 Å². The molecule has 3 fully saturated rings. The molecule has 2 saturated heterocycles. The van der Waals surface area contributed by atoms with Gasteiger partial charge in [-0.3, -0.25) is 4.90 Å². The maximum absolute atomic E-state index is 3.82. The van der Waals surface area contributed by atoms with Crippen LogP contribution in [0.3, 0.4) is 0 Å². The standard InChI is InChI=1S/C15H29N3/c1-17-10-5-2-6-14(17)12-18-11-9-16-15(13-18)7-3-4-8-15/h14,16H,2-13H2,1H3. The number of nitrogens with one attached hydrogen (secondary N) is 1. The third-order valence-electron chi connectivity index (χ3n) is 5.41. The molecule has 18 heavy (non-hydrogen) atoms. The largest absolute Gasteiger partial charge is 0.309 e. The van der Waals surface area contributed by atoms with Crippen molar-refractivity contribution in [1.29, 1.82) is 0 Å². The number of hydrogen-bond donors (Lipinski definition) is 1. The molecule has 3 rings (SSSR count). The van der Waals surface area contributed by atoms with Gasteiger partial charge in [0, 0.05) is 37.8 Å². The second kappa shape index (κ2) is 5.48. The second-order valence-electron chi connectivity index (χ2n) is 6.78. The van der Waals surface area contributed by atoms with E-state index < -0.39 is 0 Å². The number of piperazine rings is 1. The van der Waals surface area contributed by atoms with Gasteiger partial charge < -0.3 is 10.2 Å². The summed E-state index contributed by atoms with van der Waals surface area (Å²) in [6.07, 6.45) is 9.93. The molecular formula is C15H29N3. The zero-order chi connectivity index (χ0) is 12.4. The number of likely N-dealkylation sites (N-methyl/N-ethyl adjacent to an activating group) is 1. The van der Waals surface area contributed by atoms with Crippen LogP contribution in [0.25, 0.3) is 0 Å². The van der Waals surface area contributed by atoms with Crippen molar-refractivity contribution in [3.8, 4) is 0 Å². The molecule has 3 nitrogen and oxygen atoms in total. The first-order valence-electron chi connectivity index (χ1n) is 7.95. The zero-order valence-electron chi connectivity index (χ0n) is 12.0. The van der Waals surface area contributed by atoms with Crippen LogP contribution >= 0.6 is 0 Å². The van der Waals surface area contributed by atoms with Crippen molar-refractivity contribution in [2.45, 2.75) is 56.5 Å². The summed E-state index contributed by atoms with van der Waals surface area (Å²) in [7, 11) is 2.32. The first-order chi connectivity index (χ1) is 8.77. The average Bonchev–Trinajstić information content (AvgIpc) is 2.80. The van der Waals surface area contributed by atoms with Crippen LogP contribution in [0.1, 0.15) is 44.9 Å². The van der Waals surface area contributed by atoms with Crippen molar-refractivity contribution in [3.63, 3.8) is 0 Å². The zero-order valence-corrected chi connectivity index (χ0v) is 12.0. The summed E-state index contributed by atoms with van der Waals surface area (Å²) < 4.78 is 0. The van der Waals surface area contributed by atoms with Crippen LogP contribution < -0.4 is 5.32 Å². The summed E-state index contributed by atoms with van der Waals surface area (Å²) in [5, 5.41) is 3.82. The fourth-order valence-electron chi connectivity index (χ4n) is 4.26. The first kappa shape index (κ1) is 12.9. The highest BCUT2D eigenvalue weighted by Crippen LogP contribution is 2.32. The molecule has 0 bridgehead atoms. The van der Waals surface area contributed by atoms with E-state index in [1.807, 2.05) is 0 Å². The Morgan fingerprint density at radius 2 is 1.94 bits per heavy atom. The maximum Gasteiger partial charge on any atom is 0.0309 e. The quantitative estimate of drug-likeness (QED) is 0.806. The summed E-state index contributed by atoms with van der Waals surface area (Å²) in [6, 6.07) is 0.815. The summed E-state index contributed by atoms with van der Waals surface area (Å²) >= 11 is 0. The number of piperidine rings is 1. The second-order valence-corrected chi connectivity index (χ2v) is 6.78. The molecule has 0 radical (unpaired) electrons. The molecule has 0 aromatic carbocycles. The van der Waals surface area contributed by atoms with E-state index in [1.54, 1.807) is 0 Å². The Balaban J connectivity index is 1.55. The van der Waals surface area contributed by atoms with E-state index in [1.165, 1.54) is 77.7 Å². The molecule has 1 spiro atoms. The molecule has 3 heteroatoms. The van der Waals surface area contributed by atoms with Crippen molar-refractivity contribution >= 4 is 0 Å². The lowest BCUT2D eigenvalue weighted by molar-refractivity contribution is 0.0823. The van der Waals surface area contributed by atoms with Crippen LogP contribution in [0.4, 0.5) is 0 Å². The van der Waals surface area contributed by atoms with Crippen LogP contribution in [-0.2, 0) is 0 Å². The Morgan fingerprint density at radius 3 is 2.72 bits per heavy atom. The highest BCUT2D eigenvalue weighted by Gasteiger charge is 2.38. The summed E-state index contributed by atoms with van der Waals surface area (Å²) in [5.41, 5.74) is 0.492. The SMILES string of the molecule is CN1CCCCC1CN1CCNC2(CCCC2)C1. The van der Waals surface area contributed by atoms with Gasteiger partial charge >= 0.3 is 0 Å². The van der Waals surface area contributed by atoms with Gasteiger partial charge in [-0.1, -0.05) is 19.3 Å². The van der Waals surface area contributed by atoms with Crippen LogP contribution in [0.15, 0.2) is 0 Å². The Kier molecular flexibility index (Phi) is 3.92. The number of hydrogen-bond acceptors (Lipinski definition) is 3. The molecule has 1 N–H and O–H groups in total. The topological polar surface area (TPSA) is 18.5 Å². The Morgan fingerprint density at radius 1 is 1.11 bits per heavy atom. The summed E-state index contributed by atoms with van der Waals surface area (Å²) in [6.45, 7) is 6.38. The van der Waals surface area contributed by atoms with Gasteiger partial charge in [0.2, 0.25) is 0 Å². The van der Waals surface area contributed by atoms with E-state index in [0.717, 1.165) is 6.04 Å². The lowest BCUT2D eigenvalue weighted by Crippen LogP contribution is -2.60. The van der Waals surface area contributed by atoms with Crippen molar-refractivity contribution in [2.24, 2.45) is 0 Å². The van der Waals surface area contributed by atoms with Crippen molar-refractivity contribution < 1.29 is 0 Å². The van der Waals surface area contributed by atoms with Crippen molar-refractivity contribution in [1.82, 2.24) is 15.1 Å². The van der Waals surface area contributed by atoms with Crippen LogP contribution in [0.2, 0.25) is 0 Å². The average molecular weight is 251 g/mol. The highest BCUT2D eigenvalue weighted by molar-refractivity contribution is 4.98. The van der Waals surface area contributed by atoms with E-state index >= 15 is 0 Å². The van der Waals surface area contributed by atoms with Gasteiger partial charge in [-0.25, -0.2) is 0 Å². The van der Waals surface area contributed by atoms with Crippen LogP contribution in [-0.4, -0.2) is 61.2 Å². The highest BCUT2D eigenvalue weighted by atomic mass is 15.3. The van der Waals surface area contributed by atoms with Crippen molar-refractivity contribution in [2.75, 3.05) is 39.8 Å². The van der Waals surface area contributed by atoms with E-state index in [0.29, 0.717) is 5.54 Å². The van der Waals surface area contributed by atoms with E-state index in [2.05, 4.69) is 22.2 Å². The number of nitrogens with zero attached hydrogens (tertiary/aromatic N) is 2. The molecule has 2 aliphatic heterocycles. The van der Waals surface area contributed by atoms with E-state index in [-0.39, 0.29) is 0 Å². The fourth-order valence-corrected chi connectivity index (χ4v) is 4.26. The Labute approximate surface area is 112 Å². The lowest BCUT2D eigenvalue weighted by atomic mass is 9.93. The summed E-state index contributed by atoms with van der Waals surface area (Å²) in [4.78, 5) is 5.33. The molecule has 1 unspecified atom stereocenters. The van der Waals surface area contributed by atoms with Gasteiger partial charge in [-0.05, 0) is 39.3 Å². The third-order valence-corrected chi connectivity index (χ3v) is 5.41. The van der Waals surface area contributed by atoms with Gasteiger partial charge in [0.25, 0.3) is 0 Å². The maximum atomic E-state index is 3.82. The first-order valence-corrected chi connectivity index (χ1v) is 7.95. The number of rotatable bonds is 2. The molecule has 0 aromatic rings. The molecular weight excluding hydrogens is 222 g/mol. The van der Waals surface area contributed by atoms with Gasteiger partial charge in [0.15, 0.2) is 0 Å². The molecule has 1 saturated carbocycles. The normalized spacial score (nSPS) is 34.2. The summed E-state index contributed by atoms with van der Waals surface area (Å²) in [5.74, 6) is 0. The van der Waals surface area contributed by atoms with Crippen LogP contribution in [0.5, 0.6) is 0 Å².